The maximum absolute atomic E-state index is 11.9. The number of amides is 1. The number of hydrogen-bond donors (Lipinski definition) is 1. The van der Waals surface area contributed by atoms with E-state index in [1.807, 2.05) is 48.0 Å². The number of benzene rings is 2. The minimum Gasteiger partial charge on any atom is -0.497 e. The molecule has 0 saturated heterocycles. The summed E-state index contributed by atoms with van der Waals surface area (Å²) < 4.78 is 18.5. The number of rotatable bonds is 6. The van der Waals surface area contributed by atoms with E-state index in [0.717, 1.165) is 45.9 Å². The fourth-order valence-electron chi connectivity index (χ4n) is 4.59. The van der Waals surface area contributed by atoms with E-state index in [1.54, 1.807) is 25.6 Å². The molecule has 1 fully saturated rings. The quantitative estimate of drug-likeness (QED) is 0.473. The highest BCUT2D eigenvalue weighted by atomic mass is 32.1. The fourth-order valence-corrected chi connectivity index (χ4v) is 5.49. The van der Waals surface area contributed by atoms with Crippen molar-refractivity contribution in [3.63, 3.8) is 0 Å². The molecule has 1 saturated carbocycles. The summed E-state index contributed by atoms with van der Waals surface area (Å²) in [5, 5.41) is 10.00. The monoisotopic (exact) mass is 506 g/mol. The van der Waals surface area contributed by atoms with Crippen LogP contribution in [-0.2, 0) is 4.79 Å². The highest BCUT2D eigenvalue weighted by Gasteiger charge is 2.19. The van der Waals surface area contributed by atoms with Gasteiger partial charge in [-0.2, -0.15) is 5.10 Å². The minimum atomic E-state index is -0.162. The van der Waals surface area contributed by atoms with Gasteiger partial charge in [0.15, 0.2) is 6.61 Å². The third-order valence-electron chi connectivity index (χ3n) is 6.51. The van der Waals surface area contributed by atoms with Gasteiger partial charge in [-0.05, 0) is 56.2 Å². The van der Waals surface area contributed by atoms with Crippen molar-refractivity contribution < 1.29 is 19.0 Å². The highest BCUT2D eigenvalue weighted by Crippen LogP contribution is 2.33. The number of fused-ring (bicyclic) bond motifs is 1. The van der Waals surface area contributed by atoms with Gasteiger partial charge in [-0.1, -0.05) is 19.3 Å². The number of ether oxygens (including phenoxy) is 3. The van der Waals surface area contributed by atoms with Crippen LogP contribution in [0.15, 0.2) is 51.9 Å². The number of aromatic nitrogens is 1. The average molecular weight is 507 g/mol. The fraction of sp³-hybridized carbons (Fsp3) is 0.370. The second-order valence-corrected chi connectivity index (χ2v) is 9.77. The van der Waals surface area contributed by atoms with Crippen molar-refractivity contribution in [1.82, 2.24) is 4.68 Å². The first-order chi connectivity index (χ1) is 17.6. The summed E-state index contributed by atoms with van der Waals surface area (Å²) in [5.74, 6) is 1.94. The summed E-state index contributed by atoms with van der Waals surface area (Å²) in [6.45, 7) is 1.98. The van der Waals surface area contributed by atoms with Gasteiger partial charge in [-0.3, -0.25) is 9.79 Å². The van der Waals surface area contributed by atoms with Gasteiger partial charge < -0.3 is 19.5 Å². The molecule has 3 aromatic rings. The molecule has 8 nitrogen and oxygen atoms in total. The lowest BCUT2D eigenvalue weighted by molar-refractivity contribution is -0.118. The Morgan fingerprint density at radius 1 is 1.11 bits per heavy atom. The Balaban J connectivity index is 1.63. The summed E-state index contributed by atoms with van der Waals surface area (Å²) >= 11 is 1.57. The maximum atomic E-state index is 11.9. The summed E-state index contributed by atoms with van der Waals surface area (Å²) in [6.07, 6.45) is 5.89. The molecule has 0 spiro atoms. The third kappa shape index (κ3) is 5.02. The molecule has 188 valence electrons. The van der Waals surface area contributed by atoms with Crippen molar-refractivity contribution in [2.75, 3.05) is 26.1 Å². The number of nitrogens with zero attached hydrogens (tertiary/aromatic N) is 3. The molecule has 0 bridgehead atoms. The van der Waals surface area contributed by atoms with E-state index in [-0.39, 0.29) is 12.5 Å². The van der Waals surface area contributed by atoms with E-state index in [1.165, 1.54) is 19.3 Å². The van der Waals surface area contributed by atoms with Crippen molar-refractivity contribution in [2.24, 2.45) is 10.1 Å². The summed E-state index contributed by atoms with van der Waals surface area (Å²) in [4.78, 5) is 17.8. The van der Waals surface area contributed by atoms with E-state index in [2.05, 4.69) is 10.7 Å². The maximum Gasteiger partial charge on any atom is 0.262 e. The zero-order valence-electron chi connectivity index (χ0n) is 20.7. The lowest BCUT2D eigenvalue weighted by Crippen LogP contribution is -2.25. The summed E-state index contributed by atoms with van der Waals surface area (Å²) in [5.41, 5.74) is 4.07. The van der Waals surface area contributed by atoms with Gasteiger partial charge in [0.25, 0.3) is 5.91 Å². The average Bonchev–Trinajstić information content (AvgIpc) is 3.29. The Hall–Kier alpha value is -3.59. The van der Waals surface area contributed by atoms with Gasteiger partial charge >= 0.3 is 0 Å². The normalized spacial score (nSPS) is 16.8. The van der Waals surface area contributed by atoms with Crippen LogP contribution < -0.4 is 24.3 Å². The predicted molar refractivity (Wildman–Crippen MR) is 141 cm³/mol. The second kappa shape index (κ2) is 10.6. The molecule has 5 rings (SSSR count). The van der Waals surface area contributed by atoms with Crippen LogP contribution in [0, 0.1) is 0 Å². The number of carbonyl (C=O) groups excluding carboxylic acids is 1. The number of nitrogens with one attached hydrogen (secondary N) is 1. The molecule has 2 heterocycles. The molecular formula is C27H30N4O4S. The topological polar surface area (TPSA) is 86.4 Å². The van der Waals surface area contributed by atoms with E-state index in [0.29, 0.717) is 23.2 Å². The Bertz CT molecular complexity index is 1370. The number of methoxy groups -OCH3 is 2. The van der Waals surface area contributed by atoms with Gasteiger partial charge in [-0.15, -0.1) is 11.3 Å². The molecule has 0 unspecified atom stereocenters. The zero-order chi connectivity index (χ0) is 25.1. The van der Waals surface area contributed by atoms with Crippen molar-refractivity contribution in [3.05, 3.63) is 52.1 Å². The van der Waals surface area contributed by atoms with Crippen molar-refractivity contribution in [2.45, 2.75) is 45.1 Å². The first-order valence-corrected chi connectivity index (χ1v) is 13.0. The Morgan fingerprint density at radius 3 is 2.72 bits per heavy atom. The number of hydrogen-bond acceptors (Lipinski definition) is 7. The van der Waals surface area contributed by atoms with Crippen LogP contribution in [0.5, 0.6) is 17.2 Å². The molecule has 0 radical (unpaired) electrons. The second-order valence-electron chi connectivity index (χ2n) is 8.94. The lowest BCUT2D eigenvalue weighted by Gasteiger charge is -2.19. The standard InChI is InChI=1S/C27H30N4O4S/c1-17(21-14-20(33-2)10-12-24(21)34-3)30-31-23(16-36-27(31)28-19-7-5-4-6-8-19)18-9-11-25-22(13-18)29-26(32)15-35-25/h9-14,16,19H,4-8,15H2,1-3H3,(H,29,32). The van der Waals surface area contributed by atoms with Gasteiger partial charge in [0.2, 0.25) is 4.80 Å². The first kappa shape index (κ1) is 24.1. The molecule has 1 N–H and O–H groups in total. The molecule has 1 aliphatic heterocycles. The van der Waals surface area contributed by atoms with Gasteiger partial charge in [0.1, 0.15) is 17.2 Å². The van der Waals surface area contributed by atoms with Crippen LogP contribution in [0.4, 0.5) is 5.69 Å². The van der Waals surface area contributed by atoms with Crippen molar-refractivity contribution in [3.8, 4) is 28.5 Å². The molecule has 9 heteroatoms. The van der Waals surface area contributed by atoms with Crippen LogP contribution in [0.3, 0.4) is 0 Å². The Labute approximate surface area is 214 Å². The van der Waals surface area contributed by atoms with E-state index < -0.39 is 0 Å². The molecular weight excluding hydrogens is 476 g/mol. The molecule has 2 aromatic carbocycles. The van der Waals surface area contributed by atoms with Crippen LogP contribution in [0.25, 0.3) is 11.3 Å². The number of thiazole rings is 1. The summed E-state index contributed by atoms with van der Waals surface area (Å²) in [6, 6.07) is 11.8. The lowest BCUT2D eigenvalue weighted by atomic mass is 9.96. The van der Waals surface area contributed by atoms with Gasteiger partial charge in [0.05, 0.1) is 37.4 Å². The van der Waals surface area contributed by atoms with E-state index in [4.69, 9.17) is 24.3 Å². The molecule has 1 aliphatic carbocycles. The number of carbonyl (C=O) groups is 1. The SMILES string of the molecule is COc1ccc(OC)c(C(C)=Nn2c(-c3ccc4c(c3)NC(=O)CO4)csc2=NC2CCCCC2)c1. The molecule has 2 aliphatic rings. The van der Waals surface area contributed by atoms with Crippen LogP contribution in [0.2, 0.25) is 0 Å². The highest BCUT2D eigenvalue weighted by molar-refractivity contribution is 7.07. The molecule has 1 aromatic heterocycles. The van der Waals surface area contributed by atoms with Gasteiger partial charge in [-0.25, -0.2) is 4.68 Å². The molecule has 1 amide bonds. The largest absolute Gasteiger partial charge is 0.497 e. The zero-order valence-corrected chi connectivity index (χ0v) is 21.6. The number of anilines is 1. The van der Waals surface area contributed by atoms with Crippen molar-refractivity contribution in [1.29, 1.82) is 0 Å². The van der Waals surface area contributed by atoms with Crippen LogP contribution in [-0.4, -0.2) is 43.2 Å². The smallest absolute Gasteiger partial charge is 0.262 e. The predicted octanol–water partition coefficient (Wildman–Crippen LogP) is 5.07. The first-order valence-electron chi connectivity index (χ1n) is 12.1. The van der Waals surface area contributed by atoms with E-state index in [9.17, 15) is 4.79 Å². The van der Waals surface area contributed by atoms with Crippen molar-refractivity contribution >= 4 is 28.6 Å². The summed E-state index contributed by atoms with van der Waals surface area (Å²) in [7, 11) is 3.29. The third-order valence-corrected chi connectivity index (χ3v) is 7.34. The van der Waals surface area contributed by atoms with E-state index >= 15 is 0 Å². The molecule has 36 heavy (non-hydrogen) atoms. The van der Waals surface area contributed by atoms with Gasteiger partial charge in [0, 0.05) is 16.5 Å². The van der Waals surface area contributed by atoms with Crippen LogP contribution in [0.1, 0.15) is 44.6 Å². The Morgan fingerprint density at radius 2 is 1.94 bits per heavy atom. The Kier molecular flexibility index (Phi) is 7.09. The molecule has 0 atom stereocenters. The minimum absolute atomic E-state index is 0.0288. The van der Waals surface area contributed by atoms with Crippen LogP contribution >= 0.6 is 11.3 Å².